The molecule has 2 fully saturated rings. The highest BCUT2D eigenvalue weighted by Crippen LogP contribution is 2.49. The second kappa shape index (κ2) is 13.4. The van der Waals surface area contributed by atoms with Crippen LogP contribution in [-0.4, -0.2) is 36.5 Å². The maximum absolute atomic E-state index is 15.2. The lowest BCUT2D eigenvalue weighted by Crippen LogP contribution is -2.60. The Hall–Kier alpha value is -4.39. The third kappa shape index (κ3) is 6.20. The Balaban J connectivity index is 1.32. The summed E-state index contributed by atoms with van der Waals surface area (Å²) in [6.45, 7) is 1.69. The number of rotatable bonds is 7. The highest BCUT2D eigenvalue weighted by molar-refractivity contribution is 6.04. The van der Waals surface area contributed by atoms with Gasteiger partial charge in [0, 0.05) is 48.7 Å². The first-order valence-corrected chi connectivity index (χ1v) is 17.4. The monoisotopic (exact) mass is 631 g/mol. The van der Waals surface area contributed by atoms with Crippen LogP contribution in [0.2, 0.25) is 0 Å². The van der Waals surface area contributed by atoms with E-state index in [2.05, 4.69) is 63.6 Å². The molecule has 0 spiro atoms. The van der Waals surface area contributed by atoms with Crippen molar-refractivity contribution in [1.82, 2.24) is 0 Å². The van der Waals surface area contributed by atoms with E-state index < -0.39 is 11.7 Å². The summed E-state index contributed by atoms with van der Waals surface area (Å²) < 4.78 is 13.9. The summed E-state index contributed by atoms with van der Waals surface area (Å²) in [4.78, 5) is 19.6. The number of benzene rings is 4. The molecule has 1 saturated carbocycles. The van der Waals surface area contributed by atoms with Gasteiger partial charge in [0.25, 0.3) is 5.91 Å². The van der Waals surface area contributed by atoms with E-state index >= 15 is 4.79 Å². The minimum atomic E-state index is -0.825. The van der Waals surface area contributed by atoms with Gasteiger partial charge in [-0.15, -0.1) is 0 Å². The van der Waals surface area contributed by atoms with Crippen LogP contribution in [0.15, 0.2) is 84.9 Å². The van der Waals surface area contributed by atoms with Crippen molar-refractivity contribution in [3.63, 3.8) is 0 Å². The third-order valence-electron chi connectivity index (χ3n) is 10.9. The average Bonchev–Trinajstić information content (AvgIpc) is 3.70. The first kappa shape index (κ1) is 31.2. The predicted octanol–water partition coefficient (Wildman–Crippen LogP) is 8.36. The molecule has 4 aromatic carbocycles. The molecule has 4 N–H and O–H groups in total. The number of amidine groups is 1. The van der Waals surface area contributed by atoms with E-state index in [9.17, 15) is 4.39 Å². The molecule has 2 aliphatic heterocycles. The van der Waals surface area contributed by atoms with Crippen LogP contribution >= 0.6 is 0 Å². The van der Waals surface area contributed by atoms with Crippen molar-refractivity contribution < 1.29 is 9.18 Å². The fourth-order valence-electron chi connectivity index (χ4n) is 8.37. The molecule has 0 bridgehead atoms. The van der Waals surface area contributed by atoms with Gasteiger partial charge in [0.2, 0.25) is 0 Å². The number of hydrogen-bond acceptors (Lipinski definition) is 4. The SMILES string of the molecule is N=C(N)c1ccc2c(c1)N(Cc1cccc3ccccc13)C(C(=O)Nc1ccc(N3CC[C@H](F)C3)cc1)(C1CCCCCCCC1)C2. The largest absolute Gasteiger partial charge is 0.384 e. The predicted molar refractivity (Wildman–Crippen MR) is 191 cm³/mol. The Morgan fingerprint density at radius 1 is 0.894 bits per heavy atom. The van der Waals surface area contributed by atoms with Crippen LogP contribution in [0.1, 0.15) is 74.5 Å². The van der Waals surface area contributed by atoms with Crippen molar-refractivity contribution in [3.05, 3.63) is 102 Å². The first-order valence-electron chi connectivity index (χ1n) is 17.4. The van der Waals surface area contributed by atoms with Crippen LogP contribution < -0.4 is 20.9 Å². The normalized spacial score (nSPS) is 22.0. The van der Waals surface area contributed by atoms with Crippen molar-refractivity contribution in [2.75, 3.05) is 28.2 Å². The molecular weight excluding hydrogens is 585 g/mol. The minimum absolute atomic E-state index is 0.0142. The number of amides is 1. The molecule has 2 heterocycles. The van der Waals surface area contributed by atoms with Gasteiger partial charge in [-0.2, -0.15) is 0 Å². The number of fused-ring (bicyclic) bond motifs is 2. The van der Waals surface area contributed by atoms with Crippen LogP contribution in [0.4, 0.5) is 21.5 Å². The number of carbonyl (C=O) groups excluding carboxylic acids is 1. The van der Waals surface area contributed by atoms with Gasteiger partial charge >= 0.3 is 0 Å². The molecule has 7 rings (SSSR count). The van der Waals surface area contributed by atoms with Gasteiger partial charge in [-0.3, -0.25) is 10.2 Å². The molecule has 0 radical (unpaired) electrons. The van der Waals surface area contributed by atoms with Crippen molar-refractivity contribution in [2.24, 2.45) is 11.7 Å². The van der Waals surface area contributed by atoms with Gasteiger partial charge in [0.05, 0.1) is 0 Å². The minimum Gasteiger partial charge on any atom is -0.384 e. The van der Waals surface area contributed by atoms with Crippen molar-refractivity contribution in [2.45, 2.75) is 82.5 Å². The quantitative estimate of drug-likeness (QED) is 0.141. The summed E-state index contributed by atoms with van der Waals surface area (Å²) >= 11 is 0. The zero-order chi connectivity index (χ0) is 32.4. The van der Waals surface area contributed by atoms with E-state index in [4.69, 9.17) is 11.1 Å². The second-order valence-electron chi connectivity index (χ2n) is 13.8. The molecule has 0 aromatic heterocycles. The number of nitrogens with zero attached hydrogens (tertiary/aromatic N) is 2. The number of hydrogen-bond donors (Lipinski definition) is 3. The number of nitrogens with one attached hydrogen (secondary N) is 2. The van der Waals surface area contributed by atoms with E-state index in [1.54, 1.807) is 0 Å². The third-order valence-corrected chi connectivity index (χ3v) is 10.9. The maximum Gasteiger partial charge on any atom is 0.250 e. The maximum atomic E-state index is 15.2. The molecule has 1 unspecified atom stereocenters. The summed E-state index contributed by atoms with van der Waals surface area (Å²) in [7, 11) is 0. The van der Waals surface area contributed by atoms with E-state index in [1.165, 1.54) is 42.0 Å². The molecule has 1 aliphatic carbocycles. The second-order valence-corrected chi connectivity index (χ2v) is 13.8. The molecule has 244 valence electrons. The number of nitrogens with two attached hydrogens (primary N) is 1. The summed E-state index contributed by atoms with van der Waals surface area (Å²) in [5.74, 6) is 0.189. The Labute approximate surface area is 277 Å². The lowest BCUT2D eigenvalue weighted by atomic mass is 9.74. The van der Waals surface area contributed by atoms with Crippen LogP contribution in [0.3, 0.4) is 0 Å². The average molecular weight is 632 g/mol. The van der Waals surface area contributed by atoms with Crippen molar-refractivity contribution in [3.8, 4) is 0 Å². The van der Waals surface area contributed by atoms with Gasteiger partial charge < -0.3 is 20.9 Å². The highest BCUT2D eigenvalue weighted by atomic mass is 19.1. The molecule has 6 nitrogen and oxygen atoms in total. The highest BCUT2D eigenvalue weighted by Gasteiger charge is 2.54. The number of anilines is 3. The van der Waals surface area contributed by atoms with Gasteiger partial charge in [-0.25, -0.2) is 4.39 Å². The van der Waals surface area contributed by atoms with E-state index in [0.717, 1.165) is 48.3 Å². The molecule has 2 atom stereocenters. The fourth-order valence-corrected chi connectivity index (χ4v) is 8.37. The molecule has 1 saturated heterocycles. The number of alkyl halides is 1. The zero-order valence-corrected chi connectivity index (χ0v) is 27.2. The van der Waals surface area contributed by atoms with Crippen molar-refractivity contribution >= 4 is 39.6 Å². The number of carbonyl (C=O) groups is 1. The summed E-state index contributed by atoms with van der Waals surface area (Å²) in [6, 6.07) is 28.8. The topological polar surface area (TPSA) is 85.5 Å². The van der Waals surface area contributed by atoms with E-state index in [-0.39, 0.29) is 17.7 Å². The Kier molecular flexibility index (Phi) is 8.89. The smallest absolute Gasteiger partial charge is 0.250 e. The van der Waals surface area contributed by atoms with Gasteiger partial charge in [0.1, 0.15) is 17.5 Å². The van der Waals surface area contributed by atoms with Gasteiger partial charge in [-0.05, 0) is 77.4 Å². The Bertz CT molecular complexity index is 1740. The molecule has 47 heavy (non-hydrogen) atoms. The molecule has 7 heteroatoms. The summed E-state index contributed by atoms with van der Waals surface area (Å²) in [5.41, 5.74) is 10.9. The van der Waals surface area contributed by atoms with E-state index in [0.29, 0.717) is 38.0 Å². The van der Waals surface area contributed by atoms with Crippen molar-refractivity contribution in [1.29, 1.82) is 5.41 Å². The summed E-state index contributed by atoms with van der Waals surface area (Å²) in [6.07, 6.45) is 9.45. The first-order chi connectivity index (χ1) is 22.9. The van der Waals surface area contributed by atoms with Crippen LogP contribution in [-0.2, 0) is 17.8 Å². The lowest BCUT2D eigenvalue weighted by molar-refractivity contribution is -0.123. The number of halogens is 1. The van der Waals surface area contributed by atoms with Gasteiger partial charge in [-0.1, -0.05) is 93.1 Å². The molecule has 1 amide bonds. The van der Waals surface area contributed by atoms with Gasteiger partial charge in [0.15, 0.2) is 0 Å². The lowest BCUT2D eigenvalue weighted by Gasteiger charge is -2.45. The Morgan fingerprint density at radius 2 is 1.62 bits per heavy atom. The Morgan fingerprint density at radius 3 is 2.34 bits per heavy atom. The standard InChI is InChI=1S/C40H46FN5O/c41-33-22-23-45(27-33)35-20-18-34(19-21-35)44-39(47)40(32-13-5-3-1-2-4-6-14-32)25-30-17-16-29(38(42)43)24-37(30)46(40)26-31-12-9-11-28-10-7-8-15-36(28)31/h7-12,15-21,24,32-33H,1-6,13-14,22-23,25-27H2,(H3,42,43)(H,44,47)/t33-,40?/m0/s1. The molecule has 4 aromatic rings. The zero-order valence-electron chi connectivity index (χ0n) is 27.2. The van der Waals surface area contributed by atoms with E-state index in [1.807, 2.05) is 36.4 Å². The fraction of sp³-hybridized carbons (Fsp3) is 0.400. The van der Waals surface area contributed by atoms with Crippen LogP contribution in [0, 0.1) is 11.3 Å². The summed E-state index contributed by atoms with van der Waals surface area (Å²) in [5, 5.41) is 14.0. The molecule has 3 aliphatic rings. The number of nitrogen functional groups attached to an aromatic ring is 1. The van der Waals surface area contributed by atoms with Crippen LogP contribution in [0.5, 0.6) is 0 Å². The molecular formula is C40H46FN5O. The van der Waals surface area contributed by atoms with Crippen LogP contribution in [0.25, 0.3) is 10.8 Å².